The highest BCUT2D eigenvalue weighted by atomic mass is 32.2. The summed E-state index contributed by atoms with van der Waals surface area (Å²) in [6, 6.07) is 47.0. The molecule has 6 nitrogen and oxygen atoms in total. The third-order valence-electron chi connectivity index (χ3n) is 10.4. The molecular formula is C45H40N2O4S2. The number of anilines is 3. The Balaban J connectivity index is 1.07. The molecule has 8 heteroatoms. The summed E-state index contributed by atoms with van der Waals surface area (Å²) in [4.78, 5) is 7.39. The molecule has 0 saturated heterocycles. The lowest BCUT2D eigenvalue weighted by molar-refractivity contribution is 0.221. The monoisotopic (exact) mass is 736 g/mol. The Morgan fingerprint density at radius 1 is 0.679 bits per heavy atom. The van der Waals surface area contributed by atoms with Crippen molar-refractivity contribution in [2.24, 2.45) is 0 Å². The maximum Gasteiger partial charge on any atom is 0.297 e. The van der Waals surface area contributed by atoms with Crippen molar-refractivity contribution in [1.82, 2.24) is 4.98 Å². The van der Waals surface area contributed by atoms with Gasteiger partial charge in [0.05, 0.1) is 15.1 Å². The summed E-state index contributed by atoms with van der Waals surface area (Å²) in [7, 11) is -3.85. The Morgan fingerprint density at radius 2 is 1.32 bits per heavy atom. The highest BCUT2D eigenvalue weighted by Crippen LogP contribution is 2.55. The molecule has 0 unspecified atom stereocenters. The smallest absolute Gasteiger partial charge is 0.297 e. The molecule has 0 atom stereocenters. The van der Waals surface area contributed by atoms with Crippen molar-refractivity contribution in [3.05, 3.63) is 156 Å². The number of nitrogens with zero attached hydrogens (tertiary/aromatic N) is 2. The van der Waals surface area contributed by atoms with E-state index in [9.17, 15) is 8.42 Å². The number of para-hydroxylation sites is 2. The largest absolute Gasteiger partial charge is 0.491 e. The van der Waals surface area contributed by atoms with Crippen molar-refractivity contribution in [3.63, 3.8) is 0 Å². The van der Waals surface area contributed by atoms with E-state index in [1.807, 2.05) is 43.3 Å². The molecule has 8 rings (SSSR count). The molecule has 0 radical (unpaired) electrons. The van der Waals surface area contributed by atoms with Crippen molar-refractivity contribution in [2.75, 3.05) is 18.1 Å². The summed E-state index contributed by atoms with van der Waals surface area (Å²) in [5.41, 5.74) is 11.4. The zero-order chi connectivity index (χ0) is 36.6. The number of thiazole rings is 1. The summed E-state index contributed by atoms with van der Waals surface area (Å²) in [6.45, 7) is 6.51. The van der Waals surface area contributed by atoms with Crippen LogP contribution in [-0.4, -0.2) is 26.6 Å². The van der Waals surface area contributed by atoms with E-state index in [0.717, 1.165) is 51.6 Å². The molecule has 0 amide bonds. The van der Waals surface area contributed by atoms with Gasteiger partial charge in [-0.05, 0) is 121 Å². The van der Waals surface area contributed by atoms with Gasteiger partial charge in [0.25, 0.3) is 10.1 Å². The van der Waals surface area contributed by atoms with Crippen LogP contribution in [-0.2, 0) is 19.7 Å². The van der Waals surface area contributed by atoms with Crippen LogP contribution in [0.3, 0.4) is 0 Å². The molecule has 0 N–H and O–H groups in total. The molecular weight excluding hydrogens is 697 g/mol. The minimum atomic E-state index is -3.85. The number of rotatable bonds is 12. The molecule has 6 aromatic carbocycles. The minimum absolute atomic E-state index is 0.0923. The fourth-order valence-electron chi connectivity index (χ4n) is 7.55. The van der Waals surface area contributed by atoms with Gasteiger partial charge >= 0.3 is 0 Å². The van der Waals surface area contributed by atoms with Crippen LogP contribution in [0.1, 0.15) is 43.4 Å². The highest BCUT2D eigenvalue weighted by molar-refractivity contribution is 7.86. The van der Waals surface area contributed by atoms with E-state index in [-0.39, 0.29) is 23.5 Å². The Kier molecular flexibility index (Phi) is 9.37. The fourth-order valence-corrected chi connectivity index (χ4v) is 9.41. The van der Waals surface area contributed by atoms with E-state index in [4.69, 9.17) is 13.9 Å². The third kappa shape index (κ3) is 6.52. The Labute approximate surface area is 315 Å². The van der Waals surface area contributed by atoms with Gasteiger partial charge in [-0.3, -0.25) is 4.18 Å². The van der Waals surface area contributed by atoms with Gasteiger partial charge in [-0.1, -0.05) is 80.1 Å². The van der Waals surface area contributed by atoms with Crippen LogP contribution in [0.2, 0.25) is 0 Å². The average molecular weight is 737 g/mol. The second-order valence-corrected chi connectivity index (χ2v) is 16.0. The van der Waals surface area contributed by atoms with Gasteiger partial charge in [0, 0.05) is 28.0 Å². The highest BCUT2D eigenvalue weighted by Gasteiger charge is 2.41. The molecule has 0 bridgehead atoms. The van der Waals surface area contributed by atoms with Crippen LogP contribution in [0.25, 0.3) is 31.9 Å². The second kappa shape index (κ2) is 14.3. The number of ether oxygens (including phenoxy) is 1. The Hall–Kier alpha value is -5.28. The summed E-state index contributed by atoms with van der Waals surface area (Å²) in [5.74, 6) is 0.627. The maximum absolute atomic E-state index is 12.6. The first kappa shape index (κ1) is 34.8. The first-order chi connectivity index (χ1) is 25.8. The molecule has 266 valence electrons. The summed E-state index contributed by atoms with van der Waals surface area (Å²) in [5, 5.41) is 1.05. The lowest BCUT2D eigenvalue weighted by atomic mass is 9.73. The van der Waals surface area contributed by atoms with Crippen molar-refractivity contribution in [3.8, 4) is 27.4 Å². The van der Waals surface area contributed by atoms with E-state index >= 15 is 0 Å². The van der Waals surface area contributed by atoms with Gasteiger partial charge in [-0.2, -0.15) is 8.42 Å². The SMILES string of the molecule is CCC1(CC)c2cc(-c3nc4ccccc4s3)ccc2-c2ccc(N(c3ccccc3)c3ccc(OCCOS(=O)(=O)c4ccc(C)cc4)cc3)cc21. The lowest BCUT2D eigenvalue weighted by Gasteiger charge is -2.32. The summed E-state index contributed by atoms with van der Waals surface area (Å²) >= 11 is 1.75. The second-order valence-electron chi connectivity index (χ2n) is 13.4. The van der Waals surface area contributed by atoms with Crippen molar-refractivity contribution >= 4 is 48.7 Å². The zero-order valence-electron chi connectivity index (χ0n) is 30.0. The Bertz CT molecular complexity index is 2470. The maximum atomic E-state index is 12.6. The van der Waals surface area contributed by atoms with E-state index in [2.05, 4.69) is 97.6 Å². The topological polar surface area (TPSA) is 68.7 Å². The number of hydrogen-bond donors (Lipinski definition) is 0. The molecule has 0 spiro atoms. The molecule has 7 aromatic rings. The predicted molar refractivity (Wildman–Crippen MR) is 216 cm³/mol. The van der Waals surface area contributed by atoms with E-state index in [1.165, 1.54) is 27.0 Å². The van der Waals surface area contributed by atoms with Gasteiger partial charge in [0.2, 0.25) is 0 Å². The van der Waals surface area contributed by atoms with Crippen LogP contribution >= 0.6 is 11.3 Å². The van der Waals surface area contributed by atoms with Crippen LogP contribution in [0.4, 0.5) is 17.1 Å². The van der Waals surface area contributed by atoms with Gasteiger partial charge in [-0.25, -0.2) is 4.98 Å². The molecule has 1 aliphatic rings. The zero-order valence-corrected chi connectivity index (χ0v) is 31.6. The molecule has 0 fully saturated rings. The molecule has 1 heterocycles. The molecule has 0 saturated carbocycles. The summed E-state index contributed by atoms with van der Waals surface area (Å²) < 4.78 is 37.5. The van der Waals surface area contributed by atoms with Crippen LogP contribution < -0.4 is 9.64 Å². The number of benzene rings is 6. The van der Waals surface area contributed by atoms with E-state index in [1.54, 1.807) is 35.6 Å². The molecule has 1 aromatic heterocycles. The lowest BCUT2D eigenvalue weighted by Crippen LogP contribution is -2.23. The number of fused-ring (bicyclic) bond motifs is 4. The number of hydrogen-bond acceptors (Lipinski definition) is 7. The molecule has 0 aliphatic heterocycles. The van der Waals surface area contributed by atoms with Crippen LogP contribution in [0.15, 0.2) is 144 Å². The van der Waals surface area contributed by atoms with Crippen LogP contribution in [0.5, 0.6) is 5.75 Å². The van der Waals surface area contributed by atoms with Crippen molar-refractivity contribution < 1.29 is 17.3 Å². The fraction of sp³-hybridized carbons (Fsp3) is 0.178. The van der Waals surface area contributed by atoms with Gasteiger partial charge in [-0.15, -0.1) is 11.3 Å². The number of aromatic nitrogens is 1. The van der Waals surface area contributed by atoms with Gasteiger partial charge in [0.1, 0.15) is 24.0 Å². The van der Waals surface area contributed by atoms with Crippen LogP contribution in [0, 0.1) is 6.92 Å². The van der Waals surface area contributed by atoms with Gasteiger partial charge < -0.3 is 9.64 Å². The van der Waals surface area contributed by atoms with E-state index in [0.29, 0.717) is 5.75 Å². The quantitative estimate of drug-likeness (QED) is 0.0919. The first-order valence-corrected chi connectivity index (χ1v) is 20.2. The van der Waals surface area contributed by atoms with Gasteiger partial charge in [0.15, 0.2) is 0 Å². The predicted octanol–water partition coefficient (Wildman–Crippen LogP) is 11.6. The standard InChI is InChI=1S/C45H40N2O4S2/c1-4-45(5-2)40-29-32(44-46-42-13-9-10-14-43(42)52-44)17-25-38(40)39-26-20-35(30-41(39)45)47(33-11-7-6-8-12-33)34-18-21-36(22-19-34)50-27-28-51-53(48,49)37-23-15-31(3)16-24-37/h6-26,29-30H,4-5,27-28H2,1-3H3. The third-order valence-corrected chi connectivity index (χ3v) is 12.8. The van der Waals surface area contributed by atoms with E-state index < -0.39 is 10.1 Å². The average Bonchev–Trinajstić information content (AvgIpc) is 3.75. The number of aryl methyl sites for hydroxylation is 1. The Morgan fingerprint density at radius 3 is 2.04 bits per heavy atom. The summed E-state index contributed by atoms with van der Waals surface area (Å²) in [6.07, 6.45) is 1.95. The van der Waals surface area contributed by atoms with Crippen molar-refractivity contribution in [1.29, 1.82) is 0 Å². The first-order valence-electron chi connectivity index (χ1n) is 18.0. The van der Waals surface area contributed by atoms with Crippen molar-refractivity contribution in [2.45, 2.75) is 43.9 Å². The minimum Gasteiger partial charge on any atom is -0.491 e. The molecule has 1 aliphatic carbocycles. The normalized spacial score (nSPS) is 13.1. The molecule has 53 heavy (non-hydrogen) atoms.